The summed E-state index contributed by atoms with van der Waals surface area (Å²) >= 11 is 1.81. The number of hydrogen-bond acceptors (Lipinski definition) is 3. The van der Waals surface area contributed by atoms with Crippen LogP contribution in [0.15, 0.2) is 17.6 Å². The van der Waals surface area contributed by atoms with Gasteiger partial charge in [-0.1, -0.05) is 25.1 Å². The molecule has 1 aromatic rings. The number of aromatic amines is 1. The molecular formula is C11H21N3S. The van der Waals surface area contributed by atoms with Gasteiger partial charge in [-0.2, -0.15) is 0 Å². The van der Waals surface area contributed by atoms with E-state index in [-0.39, 0.29) is 0 Å². The van der Waals surface area contributed by atoms with Gasteiger partial charge in [0.05, 0.1) is 0 Å². The highest BCUT2D eigenvalue weighted by Crippen LogP contribution is 2.14. The molecule has 0 bridgehead atoms. The zero-order valence-corrected chi connectivity index (χ0v) is 10.4. The zero-order valence-electron chi connectivity index (χ0n) is 9.62. The second-order valence-corrected chi connectivity index (χ2v) is 4.78. The van der Waals surface area contributed by atoms with Crippen molar-refractivity contribution < 1.29 is 0 Å². The molecular weight excluding hydrogens is 206 g/mol. The molecule has 0 amide bonds. The van der Waals surface area contributed by atoms with Crippen LogP contribution in [-0.4, -0.2) is 28.3 Å². The average molecular weight is 227 g/mol. The highest BCUT2D eigenvalue weighted by Gasteiger charge is 2.00. The number of unbranched alkanes of at least 4 members (excludes halogenated alkanes) is 1. The number of imidazole rings is 1. The van der Waals surface area contributed by atoms with Crippen LogP contribution in [0, 0.1) is 0 Å². The molecule has 0 aliphatic carbocycles. The smallest absolute Gasteiger partial charge is 0.165 e. The molecule has 1 aromatic heterocycles. The minimum absolute atomic E-state index is 0.656. The Morgan fingerprint density at radius 3 is 3.07 bits per heavy atom. The van der Waals surface area contributed by atoms with Crippen molar-refractivity contribution in [2.45, 2.75) is 44.3 Å². The largest absolute Gasteiger partial charge is 0.340 e. The Hall–Kier alpha value is -0.480. The van der Waals surface area contributed by atoms with Crippen molar-refractivity contribution >= 4 is 11.8 Å². The minimum Gasteiger partial charge on any atom is -0.340 e. The van der Waals surface area contributed by atoms with E-state index in [9.17, 15) is 0 Å². The maximum Gasteiger partial charge on any atom is 0.165 e. The molecule has 2 N–H and O–H groups in total. The number of thioether (sulfide) groups is 1. The summed E-state index contributed by atoms with van der Waals surface area (Å²) in [7, 11) is 0. The summed E-state index contributed by atoms with van der Waals surface area (Å²) in [5.41, 5.74) is 0. The van der Waals surface area contributed by atoms with E-state index >= 15 is 0 Å². The average Bonchev–Trinajstić information content (AvgIpc) is 2.70. The van der Waals surface area contributed by atoms with Crippen molar-refractivity contribution in [1.82, 2.24) is 15.3 Å². The van der Waals surface area contributed by atoms with Crippen LogP contribution in [-0.2, 0) is 0 Å². The lowest BCUT2D eigenvalue weighted by molar-refractivity contribution is 0.510. The highest BCUT2D eigenvalue weighted by atomic mass is 32.2. The summed E-state index contributed by atoms with van der Waals surface area (Å²) in [4.78, 5) is 7.27. The number of aromatic nitrogens is 2. The molecule has 1 unspecified atom stereocenters. The molecule has 0 radical (unpaired) electrons. The minimum atomic E-state index is 0.656. The molecule has 0 aromatic carbocycles. The van der Waals surface area contributed by atoms with Crippen molar-refractivity contribution in [3.8, 4) is 0 Å². The van der Waals surface area contributed by atoms with E-state index in [1.54, 1.807) is 18.0 Å². The molecule has 15 heavy (non-hydrogen) atoms. The predicted molar refractivity (Wildman–Crippen MR) is 66.3 cm³/mol. The normalized spacial score (nSPS) is 12.9. The van der Waals surface area contributed by atoms with E-state index in [2.05, 4.69) is 29.1 Å². The van der Waals surface area contributed by atoms with Crippen molar-refractivity contribution in [2.24, 2.45) is 0 Å². The third-order valence-electron chi connectivity index (χ3n) is 2.30. The number of nitrogens with one attached hydrogen (secondary N) is 2. The SMILES string of the molecule is CCNC(C)CCCCSc1ncc[nH]1. The van der Waals surface area contributed by atoms with E-state index in [4.69, 9.17) is 0 Å². The number of rotatable bonds is 8. The van der Waals surface area contributed by atoms with Crippen molar-refractivity contribution in [3.05, 3.63) is 12.4 Å². The molecule has 0 fully saturated rings. The van der Waals surface area contributed by atoms with Crippen molar-refractivity contribution in [3.63, 3.8) is 0 Å². The Labute approximate surface area is 96.5 Å². The molecule has 0 aliphatic heterocycles. The quantitative estimate of drug-likeness (QED) is 0.530. The fourth-order valence-corrected chi connectivity index (χ4v) is 2.33. The Morgan fingerprint density at radius 2 is 2.40 bits per heavy atom. The van der Waals surface area contributed by atoms with Crippen LogP contribution in [0.5, 0.6) is 0 Å². The third kappa shape index (κ3) is 5.85. The Bertz CT molecular complexity index is 236. The van der Waals surface area contributed by atoms with Gasteiger partial charge in [0.15, 0.2) is 5.16 Å². The van der Waals surface area contributed by atoms with Crippen molar-refractivity contribution in [2.75, 3.05) is 12.3 Å². The maximum atomic E-state index is 4.17. The first-order chi connectivity index (χ1) is 7.33. The molecule has 4 heteroatoms. The van der Waals surface area contributed by atoms with Crippen LogP contribution < -0.4 is 5.32 Å². The summed E-state index contributed by atoms with van der Waals surface area (Å²) < 4.78 is 0. The van der Waals surface area contributed by atoms with Gasteiger partial charge in [0, 0.05) is 24.2 Å². The molecule has 1 atom stereocenters. The van der Waals surface area contributed by atoms with Gasteiger partial charge >= 0.3 is 0 Å². The topological polar surface area (TPSA) is 40.7 Å². The first kappa shape index (κ1) is 12.6. The summed E-state index contributed by atoms with van der Waals surface area (Å²) in [6, 6.07) is 0.656. The summed E-state index contributed by atoms with van der Waals surface area (Å²) in [6.07, 6.45) is 7.50. The second-order valence-electron chi connectivity index (χ2n) is 3.70. The van der Waals surface area contributed by atoms with Crippen LogP contribution in [0.4, 0.5) is 0 Å². The van der Waals surface area contributed by atoms with E-state index in [0.717, 1.165) is 17.5 Å². The second kappa shape index (κ2) is 7.77. The summed E-state index contributed by atoms with van der Waals surface area (Å²) in [5.74, 6) is 1.16. The predicted octanol–water partition coefficient (Wildman–Crippen LogP) is 2.67. The molecule has 1 rings (SSSR count). The number of H-pyrrole nitrogens is 1. The zero-order chi connectivity index (χ0) is 10.9. The molecule has 0 aliphatic rings. The van der Waals surface area contributed by atoms with E-state index in [1.807, 2.05) is 6.20 Å². The van der Waals surface area contributed by atoms with Crippen LogP contribution in [0.25, 0.3) is 0 Å². The lowest BCUT2D eigenvalue weighted by Crippen LogP contribution is -2.25. The van der Waals surface area contributed by atoms with E-state index in [0.29, 0.717) is 6.04 Å². The van der Waals surface area contributed by atoms with Gasteiger partial charge in [0.1, 0.15) is 0 Å². The van der Waals surface area contributed by atoms with Gasteiger partial charge in [0.25, 0.3) is 0 Å². The number of nitrogens with zero attached hydrogens (tertiary/aromatic N) is 1. The first-order valence-electron chi connectivity index (χ1n) is 5.68. The Kier molecular flexibility index (Phi) is 6.52. The highest BCUT2D eigenvalue weighted by molar-refractivity contribution is 7.99. The van der Waals surface area contributed by atoms with Crippen LogP contribution in [0.3, 0.4) is 0 Å². The molecule has 0 spiro atoms. The molecule has 1 heterocycles. The monoisotopic (exact) mass is 227 g/mol. The van der Waals surface area contributed by atoms with Crippen LogP contribution in [0.2, 0.25) is 0 Å². The molecule has 0 saturated heterocycles. The summed E-state index contributed by atoms with van der Waals surface area (Å²) in [5, 5.41) is 4.46. The van der Waals surface area contributed by atoms with Crippen LogP contribution >= 0.6 is 11.8 Å². The fourth-order valence-electron chi connectivity index (χ4n) is 1.50. The van der Waals surface area contributed by atoms with Gasteiger partial charge in [-0.05, 0) is 26.3 Å². The van der Waals surface area contributed by atoms with Gasteiger partial charge in [-0.15, -0.1) is 0 Å². The molecule has 0 saturated carbocycles. The van der Waals surface area contributed by atoms with E-state index < -0.39 is 0 Å². The van der Waals surface area contributed by atoms with Gasteiger partial charge in [-0.3, -0.25) is 0 Å². The van der Waals surface area contributed by atoms with Gasteiger partial charge in [-0.25, -0.2) is 4.98 Å². The van der Waals surface area contributed by atoms with Crippen LogP contribution in [0.1, 0.15) is 33.1 Å². The lowest BCUT2D eigenvalue weighted by atomic mass is 10.1. The maximum absolute atomic E-state index is 4.17. The first-order valence-corrected chi connectivity index (χ1v) is 6.67. The molecule has 3 nitrogen and oxygen atoms in total. The standard InChI is InChI=1S/C11H21N3S/c1-3-12-10(2)6-4-5-9-15-11-13-7-8-14-11/h7-8,10,12H,3-6,9H2,1-2H3,(H,13,14). The van der Waals surface area contributed by atoms with Gasteiger partial charge in [0.2, 0.25) is 0 Å². The Balaban J connectivity index is 1.93. The molecule has 86 valence electrons. The lowest BCUT2D eigenvalue weighted by Gasteiger charge is -2.11. The fraction of sp³-hybridized carbons (Fsp3) is 0.727. The van der Waals surface area contributed by atoms with Crippen molar-refractivity contribution in [1.29, 1.82) is 0 Å². The summed E-state index contributed by atoms with van der Waals surface area (Å²) in [6.45, 7) is 5.48. The third-order valence-corrected chi connectivity index (χ3v) is 3.29. The number of hydrogen-bond donors (Lipinski definition) is 2. The Morgan fingerprint density at radius 1 is 1.53 bits per heavy atom. The van der Waals surface area contributed by atoms with E-state index in [1.165, 1.54) is 19.3 Å². The van der Waals surface area contributed by atoms with Gasteiger partial charge < -0.3 is 10.3 Å².